The van der Waals surface area contributed by atoms with Crippen molar-refractivity contribution in [2.24, 2.45) is 10.9 Å². The molecular weight excluding hydrogens is 380 g/mol. The van der Waals surface area contributed by atoms with Gasteiger partial charge in [0.05, 0.1) is 10.7 Å². The van der Waals surface area contributed by atoms with Crippen LogP contribution in [0.2, 0.25) is 0 Å². The van der Waals surface area contributed by atoms with Crippen molar-refractivity contribution in [2.75, 3.05) is 32.7 Å². The first-order chi connectivity index (χ1) is 14.3. The minimum absolute atomic E-state index is 0.666. The Labute approximate surface area is 178 Å². The van der Waals surface area contributed by atoms with E-state index < -0.39 is 0 Å². The Kier molecular flexibility index (Phi) is 8.89. The van der Waals surface area contributed by atoms with Gasteiger partial charge in [-0.2, -0.15) is 0 Å². The standard InChI is InChI=1S/C22H34N6S/c1-3-21-27-20(17-29-21)16-28-13-9-18(10-14-28)15-26-22(23-4-2)25-12-8-19-7-5-6-11-24-19/h5-7,11,17-18H,3-4,8-10,12-16H2,1-2H3,(H2,23,25,26). The highest BCUT2D eigenvalue weighted by Crippen LogP contribution is 2.20. The van der Waals surface area contributed by atoms with Gasteiger partial charge in [0.1, 0.15) is 0 Å². The van der Waals surface area contributed by atoms with Crippen LogP contribution in [0.4, 0.5) is 0 Å². The molecule has 2 N–H and O–H groups in total. The third-order valence-corrected chi connectivity index (χ3v) is 6.29. The van der Waals surface area contributed by atoms with E-state index in [0.717, 1.165) is 63.8 Å². The van der Waals surface area contributed by atoms with Crippen molar-refractivity contribution in [3.63, 3.8) is 0 Å². The van der Waals surface area contributed by atoms with E-state index in [0.29, 0.717) is 5.92 Å². The number of rotatable bonds is 9. The topological polar surface area (TPSA) is 65.4 Å². The second-order valence-corrected chi connectivity index (χ2v) is 8.47. The average molecular weight is 415 g/mol. The zero-order chi connectivity index (χ0) is 20.3. The molecule has 0 bridgehead atoms. The van der Waals surface area contributed by atoms with Crippen molar-refractivity contribution in [1.29, 1.82) is 0 Å². The van der Waals surface area contributed by atoms with E-state index in [1.807, 2.05) is 18.3 Å². The number of nitrogens with zero attached hydrogens (tertiary/aromatic N) is 4. The summed E-state index contributed by atoms with van der Waals surface area (Å²) in [4.78, 5) is 16.5. The molecule has 0 aliphatic carbocycles. The summed E-state index contributed by atoms with van der Waals surface area (Å²) >= 11 is 1.79. The lowest BCUT2D eigenvalue weighted by atomic mass is 9.97. The molecule has 2 aromatic heterocycles. The summed E-state index contributed by atoms with van der Waals surface area (Å²) in [6.45, 7) is 10.2. The van der Waals surface area contributed by atoms with Gasteiger partial charge in [-0.05, 0) is 57.3 Å². The first kappa shape index (κ1) is 21.7. The van der Waals surface area contributed by atoms with Crippen LogP contribution in [0.15, 0.2) is 34.8 Å². The van der Waals surface area contributed by atoms with E-state index in [2.05, 4.69) is 45.8 Å². The minimum atomic E-state index is 0.666. The summed E-state index contributed by atoms with van der Waals surface area (Å²) in [5.41, 5.74) is 2.34. The number of piperidine rings is 1. The normalized spacial score (nSPS) is 16.1. The van der Waals surface area contributed by atoms with Crippen LogP contribution in [-0.2, 0) is 19.4 Å². The van der Waals surface area contributed by atoms with Gasteiger partial charge in [-0.3, -0.25) is 14.9 Å². The second kappa shape index (κ2) is 11.9. The first-order valence-corrected chi connectivity index (χ1v) is 11.7. The van der Waals surface area contributed by atoms with Crippen LogP contribution in [0.5, 0.6) is 0 Å². The minimum Gasteiger partial charge on any atom is -0.357 e. The molecule has 3 heterocycles. The number of hydrogen-bond donors (Lipinski definition) is 2. The smallest absolute Gasteiger partial charge is 0.191 e. The molecule has 0 atom stereocenters. The van der Waals surface area contributed by atoms with Crippen LogP contribution in [-0.4, -0.2) is 53.6 Å². The molecule has 0 saturated carbocycles. The zero-order valence-electron chi connectivity index (χ0n) is 17.7. The molecule has 0 unspecified atom stereocenters. The van der Waals surface area contributed by atoms with E-state index >= 15 is 0 Å². The molecule has 0 amide bonds. The SMILES string of the molecule is CCNC(=NCC1CCN(Cc2csc(CC)n2)CC1)NCCc1ccccn1. The molecule has 7 heteroatoms. The first-order valence-electron chi connectivity index (χ1n) is 10.8. The van der Waals surface area contributed by atoms with Crippen LogP contribution in [0.3, 0.4) is 0 Å². The van der Waals surface area contributed by atoms with Gasteiger partial charge in [0.25, 0.3) is 0 Å². The highest BCUT2D eigenvalue weighted by atomic mass is 32.1. The number of aliphatic imine (C=N–C) groups is 1. The lowest BCUT2D eigenvalue weighted by molar-refractivity contribution is 0.179. The largest absolute Gasteiger partial charge is 0.357 e. The Balaban J connectivity index is 1.39. The van der Waals surface area contributed by atoms with Crippen molar-refractivity contribution in [1.82, 2.24) is 25.5 Å². The number of thiazole rings is 1. The third-order valence-electron chi connectivity index (χ3n) is 5.25. The quantitative estimate of drug-likeness (QED) is 0.488. The highest BCUT2D eigenvalue weighted by molar-refractivity contribution is 7.09. The number of hydrogen-bond acceptors (Lipinski definition) is 5. The van der Waals surface area contributed by atoms with Crippen molar-refractivity contribution in [3.8, 4) is 0 Å². The molecule has 1 aliphatic heterocycles. The third kappa shape index (κ3) is 7.40. The fourth-order valence-corrected chi connectivity index (χ4v) is 4.29. The predicted octanol–water partition coefficient (Wildman–Crippen LogP) is 3.11. The zero-order valence-corrected chi connectivity index (χ0v) is 18.5. The van der Waals surface area contributed by atoms with Crippen molar-refractivity contribution < 1.29 is 0 Å². The van der Waals surface area contributed by atoms with Gasteiger partial charge >= 0.3 is 0 Å². The van der Waals surface area contributed by atoms with E-state index in [1.54, 1.807) is 11.3 Å². The van der Waals surface area contributed by atoms with Gasteiger partial charge in [0.15, 0.2) is 5.96 Å². The summed E-state index contributed by atoms with van der Waals surface area (Å²) in [5.74, 6) is 1.58. The van der Waals surface area contributed by atoms with Gasteiger partial charge in [-0.15, -0.1) is 11.3 Å². The maximum atomic E-state index is 4.84. The molecule has 29 heavy (non-hydrogen) atoms. The van der Waals surface area contributed by atoms with Crippen molar-refractivity contribution in [3.05, 3.63) is 46.2 Å². The summed E-state index contributed by atoms with van der Waals surface area (Å²) in [6, 6.07) is 6.05. The Morgan fingerprint density at radius 2 is 2.07 bits per heavy atom. The Morgan fingerprint density at radius 3 is 2.76 bits per heavy atom. The van der Waals surface area contributed by atoms with E-state index in [-0.39, 0.29) is 0 Å². The molecule has 0 aromatic carbocycles. The molecule has 1 saturated heterocycles. The van der Waals surface area contributed by atoms with Gasteiger partial charge in [-0.1, -0.05) is 13.0 Å². The van der Waals surface area contributed by atoms with Gasteiger partial charge in [0.2, 0.25) is 0 Å². The molecular formula is C22H34N6S. The summed E-state index contributed by atoms with van der Waals surface area (Å²) in [5, 5.41) is 10.3. The Morgan fingerprint density at radius 1 is 1.21 bits per heavy atom. The van der Waals surface area contributed by atoms with Crippen LogP contribution < -0.4 is 10.6 Å². The number of aryl methyl sites for hydroxylation is 1. The molecule has 0 spiro atoms. The Hall–Kier alpha value is -1.99. The fraction of sp³-hybridized carbons (Fsp3) is 0.591. The van der Waals surface area contributed by atoms with E-state index in [1.165, 1.54) is 23.5 Å². The van der Waals surface area contributed by atoms with Crippen LogP contribution in [0.25, 0.3) is 0 Å². The molecule has 1 fully saturated rings. The molecule has 2 aromatic rings. The summed E-state index contributed by atoms with van der Waals surface area (Å²) in [6.07, 6.45) is 6.20. The van der Waals surface area contributed by atoms with Crippen LogP contribution in [0.1, 0.15) is 43.1 Å². The highest BCUT2D eigenvalue weighted by Gasteiger charge is 2.20. The van der Waals surface area contributed by atoms with E-state index in [4.69, 9.17) is 9.98 Å². The summed E-state index contributed by atoms with van der Waals surface area (Å²) in [7, 11) is 0. The van der Waals surface area contributed by atoms with Crippen molar-refractivity contribution in [2.45, 2.75) is 46.1 Å². The maximum Gasteiger partial charge on any atom is 0.191 e. The number of pyridine rings is 1. The fourth-order valence-electron chi connectivity index (χ4n) is 3.56. The van der Waals surface area contributed by atoms with Gasteiger partial charge in [-0.25, -0.2) is 4.98 Å². The average Bonchev–Trinajstić information content (AvgIpc) is 3.21. The van der Waals surface area contributed by atoms with E-state index in [9.17, 15) is 0 Å². The predicted molar refractivity (Wildman–Crippen MR) is 121 cm³/mol. The number of likely N-dealkylation sites (tertiary alicyclic amines) is 1. The molecule has 6 nitrogen and oxygen atoms in total. The second-order valence-electron chi connectivity index (χ2n) is 7.52. The van der Waals surface area contributed by atoms with Gasteiger partial charge in [0, 0.05) is 49.9 Å². The maximum absolute atomic E-state index is 4.84. The van der Waals surface area contributed by atoms with Crippen LogP contribution in [0, 0.1) is 5.92 Å². The van der Waals surface area contributed by atoms with Crippen molar-refractivity contribution >= 4 is 17.3 Å². The van der Waals surface area contributed by atoms with Crippen LogP contribution >= 0.6 is 11.3 Å². The summed E-state index contributed by atoms with van der Waals surface area (Å²) < 4.78 is 0. The number of guanidine groups is 1. The number of nitrogens with one attached hydrogen (secondary N) is 2. The lowest BCUT2D eigenvalue weighted by Crippen LogP contribution is -2.39. The molecule has 3 rings (SSSR count). The lowest BCUT2D eigenvalue weighted by Gasteiger charge is -2.30. The Bertz CT molecular complexity index is 737. The molecule has 158 valence electrons. The monoisotopic (exact) mass is 414 g/mol. The van der Waals surface area contributed by atoms with Gasteiger partial charge < -0.3 is 10.6 Å². The molecule has 1 aliphatic rings. The number of aromatic nitrogens is 2. The molecule has 0 radical (unpaired) electrons.